The van der Waals surface area contributed by atoms with Crippen LogP contribution < -0.4 is 5.32 Å². The third kappa shape index (κ3) is 4.01. The van der Waals surface area contributed by atoms with E-state index in [9.17, 15) is 9.59 Å². The van der Waals surface area contributed by atoms with Crippen molar-refractivity contribution in [1.29, 1.82) is 0 Å². The van der Waals surface area contributed by atoms with Gasteiger partial charge in [0.15, 0.2) is 0 Å². The molecule has 1 unspecified atom stereocenters. The summed E-state index contributed by atoms with van der Waals surface area (Å²) in [5, 5.41) is 2.81. The third-order valence-corrected chi connectivity index (χ3v) is 3.62. The van der Waals surface area contributed by atoms with Gasteiger partial charge in [-0.2, -0.15) is 0 Å². The molecule has 1 fully saturated rings. The third-order valence-electron chi connectivity index (χ3n) is 3.18. The van der Waals surface area contributed by atoms with Gasteiger partial charge in [-0.1, -0.05) is 13.0 Å². The van der Waals surface area contributed by atoms with Crippen LogP contribution >= 0.6 is 15.9 Å². The highest BCUT2D eigenvalue weighted by Gasteiger charge is 2.33. The van der Waals surface area contributed by atoms with E-state index < -0.39 is 6.04 Å². The van der Waals surface area contributed by atoms with E-state index in [1.807, 2.05) is 6.92 Å². The van der Waals surface area contributed by atoms with Crippen molar-refractivity contribution in [2.24, 2.45) is 0 Å². The summed E-state index contributed by atoms with van der Waals surface area (Å²) in [7, 11) is 0. The van der Waals surface area contributed by atoms with Gasteiger partial charge in [0, 0.05) is 13.1 Å². The SMILES string of the molecule is CCCNC(=O)C1COCCN1C(=O)c1cccc(Br)n1. The average molecular weight is 356 g/mol. The largest absolute Gasteiger partial charge is 0.377 e. The molecule has 0 radical (unpaired) electrons. The Bertz CT molecular complexity index is 524. The number of nitrogens with zero attached hydrogens (tertiary/aromatic N) is 2. The van der Waals surface area contributed by atoms with Crippen LogP contribution in [-0.4, -0.2) is 54.0 Å². The number of morpholine rings is 1. The minimum Gasteiger partial charge on any atom is -0.377 e. The summed E-state index contributed by atoms with van der Waals surface area (Å²) >= 11 is 3.25. The van der Waals surface area contributed by atoms with Gasteiger partial charge in [0.05, 0.1) is 13.2 Å². The summed E-state index contributed by atoms with van der Waals surface area (Å²) in [5.41, 5.74) is 0.319. The first-order valence-electron chi connectivity index (χ1n) is 6.92. The van der Waals surface area contributed by atoms with Crippen LogP contribution in [0.15, 0.2) is 22.8 Å². The first-order valence-corrected chi connectivity index (χ1v) is 7.71. The number of hydrogen-bond donors (Lipinski definition) is 1. The van der Waals surface area contributed by atoms with Gasteiger partial charge in [0.2, 0.25) is 5.91 Å². The van der Waals surface area contributed by atoms with Crippen LogP contribution in [0.2, 0.25) is 0 Å². The first-order chi connectivity index (χ1) is 10.1. The molecule has 0 aliphatic carbocycles. The van der Waals surface area contributed by atoms with Gasteiger partial charge in [0.25, 0.3) is 5.91 Å². The molecule has 1 aromatic heterocycles. The number of carbonyl (C=O) groups is 2. The highest BCUT2D eigenvalue weighted by Crippen LogP contribution is 2.14. The van der Waals surface area contributed by atoms with E-state index in [4.69, 9.17) is 4.74 Å². The molecule has 1 aliphatic rings. The molecule has 1 N–H and O–H groups in total. The number of aromatic nitrogens is 1. The Balaban J connectivity index is 2.14. The average Bonchev–Trinajstić information content (AvgIpc) is 2.52. The van der Waals surface area contributed by atoms with Crippen molar-refractivity contribution >= 4 is 27.7 Å². The topological polar surface area (TPSA) is 71.5 Å². The minimum atomic E-state index is -0.599. The lowest BCUT2D eigenvalue weighted by Crippen LogP contribution is -2.56. The minimum absolute atomic E-state index is 0.181. The predicted octanol–water partition coefficient (Wildman–Crippen LogP) is 1.21. The molecule has 2 heterocycles. The monoisotopic (exact) mass is 355 g/mol. The molecule has 1 atom stereocenters. The van der Waals surface area contributed by atoms with Gasteiger partial charge in [-0.25, -0.2) is 4.98 Å². The van der Waals surface area contributed by atoms with Crippen LogP contribution in [0.3, 0.4) is 0 Å². The standard InChI is InChI=1S/C14H18BrN3O3/c1-2-6-16-13(19)11-9-21-8-7-18(11)14(20)10-4-3-5-12(15)17-10/h3-5,11H,2,6-9H2,1H3,(H,16,19). The van der Waals surface area contributed by atoms with Crippen molar-refractivity contribution < 1.29 is 14.3 Å². The molecule has 1 aromatic rings. The number of ether oxygens (including phenoxy) is 1. The van der Waals surface area contributed by atoms with Crippen molar-refractivity contribution in [3.63, 3.8) is 0 Å². The molecule has 0 saturated carbocycles. The highest BCUT2D eigenvalue weighted by atomic mass is 79.9. The Morgan fingerprint density at radius 3 is 3.05 bits per heavy atom. The highest BCUT2D eigenvalue weighted by molar-refractivity contribution is 9.10. The maximum absolute atomic E-state index is 12.5. The number of amides is 2. The van der Waals surface area contributed by atoms with Crippen LogP contribution in [-0.2, 0) is 9.53 Å². The second kappa shape index (κ2) is 7.51. The fourth-order valence-electron chi connectivity index (χ4n) is 2.10. The normalized spacial score (nSPS) is 18.4. The Morgan fingerprint density at radius 1 is 1.52 bits per heavy atom. The summed E-state index contributed by atoms with van der Waals surface area (Å²) in [5.74, 6) is -0.434. The molecule has 7 heteroatoms. The Hall–Kier alpha value is -1.47. The lowest BCUT2D eigenvalue weighted by Gasteiger charge is -2.34. The van der Waals surface area contributed by atoms with E-state index in [2.05, 4.69) is 26.2 Å². The van der Waals surface area contributed by atoms with Crippen molar-refractivity contribution in [2.75, 3.05) is 26.3 Å². The van der Waals surface area contributed by atoms with Crippen molar-refractivity contribution in [2.45, 2.75) is 19.4 Å². The van der Waals surface area contributed by atoms with E-state index in [0.29, 0.717) is 30.0 Å². The molecule has 1 aliphatic heterocycles. The molecule has 1 saturated heterocycles. The number of hydrogen-bond acceptors (Lipinski definition) is 4. The molecule has 0 aromatic carbocycles. The molecular formula is C14H18BrN3O3. The maximum Gasteiger partial charge on any atom is 0.273 e. The fourth-order valence-corrected chi connectivity index (χ4v) is 2.45. The van der Waals surface area contributed by atoms with Crippen LogP contribution in [0, 0.1) is 0 Å². The second-order valence-electron chi connectivity index (χ2n) is 4.73. The van der Waals surface area contributed by atoms with E-state index >= 15 is 0 Å². The van der Waals surface area contributed by atoms with Crippen LogP contribution in [0.25, 0.3) is 0 Å². The Kier molecular flexibility index (Phi) is 5.69. The Labute approximate surface area is 132 Å². The fraction of sp³-hybridized carbons (Fsp3) is 0.500. The number of nitrogens with one attached hydrogen (secondary N) is 1. The molecule has 6 nitrogen and oxygen atoms in total. The summed E-state index contributed by atoms with van der Waals surface area (Å²) < 4.78 is 5.93. The Morgan fingerprint density at radius 2 is 2.33 bits per heavy atom. The summed E-state index contributed by atoms with van der Waals surface area (Å²) in [6, 6.07) is 4.54. The van der Waals surface area contributed by atoms with Crippen LogP contribution in [0.4, 0.5) is 0 Å². The zero-order valence-electron chi connectivity index (χ0n) is 11.8. The summed E-state index contributed by atoms with van der Waals surface area (Å²) in [6.45, 7) is 3.60. The van der Waals surface area contributed by atoms with Gasteiger partial charge in [-0.15, -0.1) is 0 Å². The van der Waals surface area contributed by atoms with E-state index in [1.54, 1.807) is 18.2 Å². The molecule has 2 rings (SSSR count). The van der Waals surface area contributed by atoms with Gasteiger partial charge in [-0.3, -0.25) is 9.59 Å². The van der Waals surface area contributed by atoms with Crippen LogP contribution in [0.1, 0.15) is 23.8 Å². The van der Waals surface area contributed by atoms with Crippen molar-refractivity contribution in [1.82, 2.24) is 15.2 Å². The molecule has 0 spiro atoms. The molecular weight excluding hydrogens is 338 g/mol. The maximum atomic E-state index is 12.5. The van der Waals surface area contributed by atoms with Crippen LogP contribution in [0.5, 0.6) is 0 Å². The predicted molar refractivity (Wildman–Crippen MR) is 80.9 cm³/mol. The van der Waals surface area contributed by atoms with Gasteiger partial charge in [0.1, 0.15) is 16.3 Å². The van der Waals surface area contributed by atoms with Gasteiger partial charge >= 0.3 is 0 Å². The number of rotatable bonds is 4. The first kappa shape index (κ1) is 15.9. The number of pyridine rings is 1. The zero-order valence-corrected chi connectivity index (χ0v) is 13.4. The zero-order chi connectivity index (χ0) is 15.2. The lowest BCUT2D eigenvalue weighted by molar-refractivity contribution is -0.130. The molecule has 21 heavy (non-hydrogen) atoms. The van der Waals surface area contributed by atoms with Crippen molar-refractivity contribution in [3.8, 4) is 0 Å². The summed E-state index contributed by atoms with van der Waals surface area (Å²) in [6.07, 6.45) is 0.848. The van der Waals surface area contributed by atoms with E-state index in [-0.39, 0.29) is 18.4 Å². The second-order valence-corrected chi connectivity index (χ2v) is 5.54. The summed E-state index contributed by atoms with van der Waals surface area (Å²) in [4.78, 5) is 30.4. The van der Waals surface area contributed by atoms with Gasteiger partial charge < -0.3 is 15.0 Å². The van der Waals surface area contributed by atoms with Gasteiger partial charge in [-0.05, 0) is 34.5 Å². The van der Waals surface area contributed by atoms with E-state index in [1.165, 1.54) is 4.90 Å². The number of carbonyl (C=O) groups excluding carboxylic acids is 2. The smallest absolute Gasteiger partial charge is 0.273 e. The number of halogens is 1. The quantitative estimate of drug-likeness (QED) is 0.824. The molecule has 2 amide bonds. The van der Waals surface area contributed by atoms with E-state index in [0.717, 1.165) is 6.42 Å². The lowest BCUT2D eigenvalue weighted by atomic mass is 10.2. The van der Waals surface area contributed by atoms with Crippen molar-refractivity contribution in [3.05, 3.63) is 28.5 Å². The molecule has 114 valence electrons. The molecule has 0 bridgehead atoms.